The fourth-order valence-corrected chi connectivity index (χ4v) is 4.74. The van der Waals surface area contributed by atoms with E-state index in [1.54, 1.807) is 45.6 Å². The zero-order valence-electron chi connectivity index (χ0n) is 20.7. The van der Waals surface area contributed by atoms with Gasteiger partial charge in [-0.3, -0.25) is 9.69 Å². The molecule has 3 aromatic carbocycles. The van der Waals surface area contributed by atoms with Crippen molar-refractivity contribution in [2.45, 2.75) is 13.1 Å². The van der Waals surface area contributed by atoms with Gasteiger partial charge in [0.2, 0.25) is 18.3 Å². The lowest BCUT2D eigenvalue weighted by Crippen LogP contribution is -2.31. The molecule has 0 saturated carbocycles. The van der Waals surface area contributed by atoms with Crippen molar-refractivity contribution in [2.24, 2.45) is 0 Å². The quantitative estimate of drug-likeness (QED) is 0.454. The molecule has 0 aromatic heterocycles. The zero-order valence-corrected chi connectivity index (χ0v) is 20.7. The van der Waals surface area contributed by atoms with Crippen LogP contribution in [0.25, 0.3) is 6.08 Å². The molecule has 0 aliphatic carbocycles. The maximum atomic E-state index is 13.2. The van der Waals surface area contributed by atoms with E-state index in [-0.39, 0.29) is 18.3 Å². The average Bonchev–Trinajstić information content (AvgIpc) is 3.52. The number of hydrogen-bond acceptors (Lipinski definition) is 9. The van der Waals surface area contributed by atoms with Gasteiger partial charge >= 0.3 is 0 Å². The highest BCUT2D eigenvalue weighted by Crippen LogP contribution is 2.44. The lowest BCUT2D eigenvalue weighted by atomic mass is 10.0. The Balaban J connectivity index is 1.27. The summed E-state index contributed by atoms with van der Waals surface area (Å²) in [5.74, 6) is 4.20. The number of nitrogens with zero attached hydrogens (tertiary/aromatic N) is 1. The molecule has 190 valence electrons. The van der Waals surface area contributed by atoms with Crippen LogP contribution >= 0.6 is 0 Å². The van der Waals surface area contributed by atoms with Crippen molar-refractivity contribution in [1.82, 2.24) is 4.90 Å². The summed E-state index contributed by atoms with van der Waals surface area (Å²) in [5, 5.41) is 0. The number of carbonyl (C=O) groups excluding carboxylic acids is 1. The highest BCUT2D eigenvalue weighted by atomic mass is 16.7. The van der Waals surface area contributed by atoms with Crippen molar-refractivity contribution in [2.75, 3.05) is 34.9 Å². The van der Waals surface area contributed by atoms with Crippen LogP contribution in [0.3, 0.4) is 0 Å². The first kappa shape index (κ1) is 23.1. The van der Waals surface area contributed by atoms with E-state index in [9.17, 15) is 4.79 Å². The predicted molar refractivity (Wildman–Crippen MR) is 133 cm³/mol. The number of methoxy groups -OCH3 is 3. The maximum Gasteiger partial charge on any atom is 0.231 e. The standard InChI is InChI=1S/C28H25NO8/c1-31-24-10-17(11-25(32-2)28(24)33-3)9-23-26(30)18-5-7-20-19(27(18)37-23)13-29(14-34-20)12-16-4-6-21-22(8-16)36-15-35-21/h4-11H,12-15H2,1-3H3/b23-9-. The molecule has 3 aliphatic rings. The lowest BCUT2D eigenvalue weighted by Gasteiger charge is -2.29. The molecule has 37 heavy (non-hydrogen) atoms. The zero-order chi connectivity index (χ0) is 25.5. The minimum Gasteiger partial charge on any atom is -0.493 e. The second-order valence-electron chi connectivity index (χ2n) is 8.77. The van der Waals surface area contributed by atoms with E-state index in [0.717, 1.165) is 22.6 Å². The van der Waals surface area contributed by atoms with Crippen LogP contribution < -0.4 is 33.2 Å². The summed E-state index contributed by atoms with van der Waals surface area (Å²) >= 11 is 0. The van der Waals surface area contributed by atoms with Crippen LogP contribution in [0.15, 0.2) is 48.2 Å². The van der Waals surface area contributed by atoms with Crippen LogP contribution in [0.4, 0.5) is 0 Å². The number of hydrogen-bond donors (Lipinski definition) is 0. The molecule has 3 aliphatic heterocycles. The third kappa shape index (κ3) is 4.07. The van der Waals surface area contributed by atoms with Crippen LogP contribution in [0.1, 0.15) is 27.0 Å². The predicted octanol–water partition coefficient (Wildman–Crippen LogP) is 4.41. The van der Waals surface area contributed by atoms with E-state index in [1.807, 2.05) is 24.3 Å². The first-order valence-corrected chi connectivity index (χ1v) is 11.7. The fraction of sp³-hybridized carbons (Fsp3) is 0.250. The summed E-state index contributed by atoms with van der Waals surface area (Å²) in [5.41, 5.74) is 3.10. The normalized spacial score (nSPS) is 16.6. The van der Waals surface area contributed by atoms with Gasteiger partial charge in [0.15, 0.2) is 28.8 Å². The summed E-state index contributed by atoms with van der Waals surface area (Å²) in [6.45, 7) is 1.87. The van der Waals surface area contributed by atoms with Gasteiger partial charge in [-0.25, -0.2) is 0 Å². The Kier molecular flexibility index (Phi) is 5.77. The molecule has 0 atom stereocenters. The van der Waals surface area contributed by atoms with Gasteiger partial charge in [0.1, 0.15) is 18.2 Å². The summed E-state index contributed by atoms with van der Waals surface area (Å²) in [6.07, 6.45) is 1.67. The lowest BCUT2D eigenvalue weighted by molar-refractivity contribution is 0.0872. The molecule has 6 rings (SSSR count). The van der Waals surface area contributed by atoms with E-state index in [0.29, 0.717) is 59.7 Å². The molecule has 0 unspecified atom stereocenters. The Bertz CT molecular complexity index is 1400. The van der Waals surface area contributed by atoms with E-state index in [1.165, 1.54) is 0 Å². The Hall–Kier alpha value is -4.37. The molecule has 0 N–H and O–H groups in total. The summed E-state index contributed by atoms with van der Waals surface area (Å²) in [7, 11) is 4.63. The van der Waals surface area contributed by atoms with E-state index < -0.39 is 0 Å². The summed E-state index contributed by atoms with van der Waals surface area (Å²) < 4.78 is 39.3. The molecule has 0 amide bonds. The molecule has 9 heteroatoms. The summed E-state index contributed by atoms with van der Waals surface area (Å²) in [4.78, 5) is 15.4. The van der Waals surface area contributed by atoms with Crippen LogP contribution in [-0.4, -0.2) is 45.5 Å². The van der Waals surface area contributed by atoms with E-state index >= 15 is 0 Å². The van der Waals surface area contributed by atoms with Crippen molar-refractivity contribution in [3.63, 3.8) is 0 Å². The number of benzene rings is 3. The number of ether oxygens (including phenoxy) is 7. The van der Waals surface area contributed by atoms with Crippen molar-refractivity contribution in [3.8, 4) is 40.2 Å². The number of carbonyl (C=O) groups is 1. The minimum absolute atomic E-state index is 0.195. The fourth-order valence-electron chi connectivity index (χ4n) is 4.74. The smallest absolute Gasteiger partial charge is 0.231 e. The molecule has 3 aromatic rings. The molecule has 0 spiro atoms. The largest absolute Gasteiger partial charge is 0.493 e. The van der Waals surface area contributed by atoms with Gasteiger partial charge < -0.3 is 33.2 Å². The number of ketones is 1. The Morgan fingerprint density at radius 1 is 0.892 bits per heavy atom. The SMILES string of the molecule is COc1cc(/C=C2\Oc3c(ccc4c3CN(Cc3ccc5c(c3)OCO5)CO4)C2=O)cc(OC)c1OC. The van der Waals surface area contributed by atoms with Gasteiger partial charge in [0.05, 0.1) is 32.5 Å². The monoisotopic (exact) mass is 503 g/mol. The molecule has 0 fully saturated rings. The molecular weight excluding hydrogens is 478 g/mol. The second kappa shape index (κ2) is 9.25. The van der Waals surface area contributed by atoms with Crippen molar-refractivity contribution < 1.29 is 38.0 Å². The van der Waals surface area contributed by atoms with Crippen molar-refractivity contribution >= 4 is 11.9 Å². The van der Waals surface area contributed by atoms with Gasteiger partial charge in [-0.2, -0.15) is 0 Å². The highest BCUT2D eigenvalue weighted by Gasteiger charge is 2.34. The van der Waals surface area contributed by atoms with Crippen LogP contribution in [0, 0.1) is 0 Å². The minimum atomic E-state index is -0.195. The molecule has 9 nitrogen and oxygen atoms in total. The molecule has 3 heterocycles. The van der Waals surface area contributed by atoms with Crippen LogP contribution in [-0.2, 0) is 13.1 Å². The number of rotatable bonds is 6. The topological polar surface area (TPSA) is 84.9 Å². The first-order valence-electron chi connectivity index (χ1n) is 11.7. The number of Topliss-reactive ketones (excluding diaryl/α,β-unsaturated/α-hetero) is 1. The van der Waals surface area contributed by atoms with Gasteiger partial charge in [0, 0.05) is 13.1 Å². The van der Waals surface area contributed by atoms with E-state index in [2.05, 4.69) is 4.90 Å². The van der Waals surface area contributed by atoms with Crippen molar-refractivity contribution in [1.29, 1.82) is 0 Å². The Labute approximate surface area is 213 Å². The van der Waals surface area contributed by atoms with Gasteiger partial charge in [-0.1, -0.05) is 6.07 Å². The second-order valence-corrected chi connectivity index (χ2v) is 8.77. The van der Waals surface area contributed by atoms with Crippen molar-refractivity contribution in [3.05, 3.63) is 70.5 Å². The maximum absolute atomic E-state index is 13.2. The van der Waals surface area contributed by atoms with Crippen LogP contribution in [0.2, 0.25) is 0 Å². The first-order chi connectivity index (χ1) is 18.1. The van der Waals surface area contributed by atoms with Gasteiger partial charge in [0.25, 0.3) is 0 Å². The third-order valence-corrected chi connectivity index (χ3v) is 6.51. The van der Waals surface area contributed by atoms with Gasteiger partial charge in [-0.15, -0.1) is 0 Å². The number of fused-ring (bicyclic) bond motifs is 4. The average molecular weight is 504 g/mol. The summed E-state index contributed by atoms with van der Waals surface area (Å²) in [6, 6.07) is 13.0. The highest BCUT2D eigenvalue weighted by molar-refractivity contribution is 6.15. The molecule has 0 radical (unpaired) electrons. The Morgan fingerprint density at radius 3 is 2.41 bits per heavy atom. The Morgan fingerprint density at radius 2 is 1.65 bits per heavy atom. The van der Waals surface area contributed by atoms with E-state index in [4.69, 9.17) is 33.2 Å². The third-order valence-electron chi connectivity index (χ3n) is 6.51. The molecule has 0 bridgehead atoms. The van der Waals surface area contributed by atoms with Crippen LogP contribution in [0.5, 0.6) is 40.2 Å². The molecular formula is C28H25NO8. The van der Waals surface area contributed by atoms with Gasteiger partial charge in [-0.05, 0) is 53.6 Å². The molecule has 0 saturated heterocycles. The number of allylic oxidation sites excluding steroid dienone is 1.